The average molecular weight is 332 g/mol. The lowest BCUT2D eigenvalue weighted by atomic mass is 10.1. The van der Waals surface area contributed by atoms with Crippen molar-refractivity contribution in [3.8, 4) is 11.5 Å². The minimum atomic E-state index is -0.552. The summed E-state index contributed by atoms with van der Waals surface area (Å²) in [4.78, 5) is 11.8. The number of carbonyl (C=O) groups is 1. The van der Waals surface area contributed by atoms with Crippen LogP contribution in [-0.2, 0) is 9.53 Å². The van der Waals surface area contributed by atoms with Crippen LogP contribution in [0.15, 0.2) is 16.6 Å². The zero-order valence-corrected chi connectivity index (χ0v) is 13.0. The van der Waals surface area contributed by atoms with Gasteiger partial charge in [0.2, 0.25) is 0 Å². The summed E-state index contributed by atoms with van der Waals surface area (Å²) in [5.41, 5.74) is 0.742. The van der Waals surface area contributed by atoms with Crippen LogP contribution in [0.3, 0.4) is 0 Å². The van der Waals surface area contributed by atoms with Gasteiger partial charge in [-0.15, -0.1) is 0 Å². The number of nitrogens with one attached hydrogen (secondary N) is 1. The summed E-state index contributed by atoms with van der Waals surface area (Å²) in [7, 11) is 4.48. The highest BCUT2D eigenvalue weighted by Crippen LogP contribution is 2.36. The molecule has 0 saturated heterocycles. The van der Waals surface area contributed by atoms with Crippen molar-refractivity contribution >= 4 is 21.9 Å². The molecule has 0 aliphatic carbocycles. The number of esters is 1. The van der Waals surface area contributed by atoms with E-state index < -0.39 is 6.04 Å². The van der Waals surface area contributed by atoms with Gasteiger partial charge in [-0.25, -0.2) is 4.79 Å². The smallest absolute Gasteiger partial charge is 0.327 e. The van der Waals surface area contributed by atoms with E-state index in [9.17, 15) is 4.79 Å². The van der Waals surface area contributed by atoms with Gasteiger partial charge in [0.1, 0.15) is 6.04 Å². The summed E-state index contributed by atoms with van der Waals surface area (Å²) in [6.07, 6.45) is 0. The fourth-order valence-corrected chi connectivity index (χ4v) is 2.28. The molecule has 0 aliphatic heterocycles. The zero-order valence-electron chi connectivity index (χ0n) is 11.5. The Morgan fingerprint density at radius 1 is 1.26 bits per heavy atom. The molecule has 0 aromatic heterocycles. The van der Waals surface area contributed by atoms with E-state index >= 15 is 0 Å². The van der Waals surface area contributed by atoms with Crippen molar-refractivity contribution in [1.82, 2.24) is 5.32 Å². The predicted molar refractivity (Wildman–Crippen MR) is 75.7 cm³/mol. The number of carbonyl (C=O) groups excluding carboxylic acids is 1. The van der Waals surface area contributed by atoms with Crippen LogP contribution in [0.2, 0.25) is 0 Å². The number of ether oxygens (including phenoxy) is 3. The molecule has 0 spiro atoms. The first-order valence-corrected chi connectivity index (χ1v) is 6.60. The number of halogens is 1. The summed E-state index contributed by atoms with van der Waals surface area (Å²) in [6, 6.07) is 2.97. The molecule has 1 aromatic carbocycles. The van der Waals surface area contributed by atoms with Crippen LogP contribution in [0.25, 0.3) is 0 Å². The molecule has 0 saturated carbocycles. The van der Waals surface area contributed by atoms with E-state index in [1.807, 2.05) is 6.92 Å². The van der Waals surface area contributed by atoms with Crippen LogP contribution in [-0.4, -0.2) is 33.8 Å². The van der Waals surface area contributed by atoms with Crippen LogP contribution in [0.5, 0.6) is 11.5 Å². The van der Waals surface area contributed by atoms with Crippen molar-refractivity contribution in [2.75, 3.05) is 27.9 Å². The first-order valence-electron chi connectivity index (χ1n) is 5.81. The van der Waals surface area contributed by atoms with Gasteiger partial charge < -0.3 is 19.5 Å². The van der Waals surface area contributed by atoms with E-state index in [0.717, 1.165) is 10.0 Å². The van der Waals surface area contributed by atoms with Crippen molar-refractivity contribution in [3.63, 3.8) is 0 Å². The van der Waals surface area contributed by atoms with E-state index in [2.05, 4.69) is 21.2 Å². The fourth-order valence-electron chi connectivity index (χ4n) is 1.73. The van der Waals surface area contributed by atoms with Crippen LogP contribution in [0, 0.1) is 0 Å². The molecule has 1 N–H and O–H groups in total. The van der Waals surface area contributed by atoms with E-state index in [0.29, 0.717) is 18.0 Å². The lowest BCUT2D eigenvalue weighted by Gasteiger charge is -2.19. The molecule has 1 aromatic rings. The van der Waals surface area contributed by atoms with Crippen LogP contribution in [0.1, 0.15) is 18.5 Å². The predicted octanol–water partition coefficient (Wildman–Crippen LogP) is 2.29. The second-order valence-corrected chi connectivity index (χ2v) is 4.60. The third kappa shape index (κ3) is 3.61. The van der Waals surface area contributed by atoms with Gasteiger partial charge in [0.25, 0.3) is 0 Å². The van der Waals surface area contributed by atoms with Gasteiger partial charge in [-0.3, -0.25) is 0 Å². The molecular weight excluding hydrogens is 314 g/mol. The number of benzene rings is 1. The van der Waals surface area contributed by atoms with Crippen molar-refractivity contribution in [1.29, 1.82) is 0 Å². The first kappa shape index (κ1) is 15.8. The molecule has 6 heteroatoms. The second-order valence-electron chi connectivity index (χ2n) is 3.74. The standard InChI is InChI=1S/C13H18BrNO4/c1-5-15-12(13(16)19-4)8-6-10(17-2)11(18-3)7-9(8)14/h6-7,12,15H,5H2,1-4H3. The van der Waals surface area contributed by atoms with Gasteiger partial charge in [0.15, 0.2) is 11.5 Å². The van der Waals surface area contributed by atoms with Gasteiger partial charge in [-0.1, -0.05) is 22.9 Å². The summed E-state index contributed by atoms with van der Waals surface area (Å²) >= 11 is 3.44. The Morgan fingerprint density at radius 3 is 2.32 bits per heavy atom. The average Bonchev–Trinajstić information content (AvgIpc) is 2.44. The minimum absolute atomic E-state index is 0.352. The molecule has 0 aliphatic rings. The zero-order chi connectivity index (χ0) is 14.4. The summed E-state index contributed by atoms with van der Waals surface area (Å²) in [5.74, 6) is 0.806. The lowest BCUT2D eigenvalue weighted by Crippen LogP contribution is -2.29. The van der Waals surface area contributed by atoms with Crippen LogP contribution >= 0.6 is 15.9 Å². The summed E-state index contributed by atoms with van der Waals surface area (Å²) in [6.45, 7) is 2.56. The van der Waals surface area contributed by atoms with E-state index in [1.165, 1.54) is 7.11 Å². The lowest BCUT2D eigenvalue weighted by molar-refractivity contribution is -0.143. The van der Waals surface area contributed by atoms with Crippen LogP contribution in [0.4, 0.5) is 0 Å². The Balaban J connectivity index is 3.26. The molecule has 0 heterocycles. The third-order valence-corrected chi connectivity index (χ3v) is 3.35. The molecule has 5 nitrogen and oxygen atoms in total. The molecular formula is C13H18BrNO4. The monoisotopic (exact) mass is 331 g/mol. The van der Waals surface area contributed by atoms with E-state index in [4.69, 9.17) is 14.2 Å². The van der Waals surface area contributed by atoms with Crippen LogP contribution < -0.4 is 14.8 Å². The number of hydrogen-bond donors (Lipinski definition) is 1. The maximum absolute atomic E-state index is 11.8. The Labute approximate surface area is 121 Å². The number of likely N-dealkylation sites (N-methyl/N-ethyl adjacent to an activating group) is 1. The quantitative estimate of drug-likeness (QED) is 0.810. The summed E-state index contributed by atoms with van der Waals surface area (Å²) in [5, 5.41) is 3.08. The molecule has 1 atom stereocenters. The summed E-state index contributed by atoms with van der Waals surface area (Å²) < 4.78 is 16.0. The van der Waals surface area contributed by atoms with Gasteiger partial charge in [0, 0.05) is 4.47 Å². The molecule has 1 unspecified atom stereocenters. The molecule has 0 amide bonds. The second kappa shape index (κ2) is 7.35. The maximum Gasteiger partial charge on any atom is 0.327 e. The molecule has 0 fully saturated rings. The number of hydrogen-bond acceptors (Lipinski definition) is 5. The SMILES string of the molecule is CCNC(C(=O)OC)c1cc(OC)c(OC)cc1Br. The first-order chi connectivity index (χ1) is 9.08. The Morgan fingerprint density at radius 2 is 1.84 bits per heavy atom. The van der Waals surface area contributed by atoms with Gasteiger partial charge >= 0.3 is 5.97 Å². The molecule has 0 bridgehead atoms. The Kier molecular flexibility index (Phi) is 6.11. The van der Waals surface area contributed by atoms with Crippen molar-refractivity contribution in [3.05, 3.63) is 22.2 Å². The van der Waals surface area contributed by atoms with Crippen molar-refractivity contribution < 1.29 is 19.0 Å². The minimum Gasteiger partial charge on any atom is -0.493 e. The molecule has 19 heavy (non-hydrogen) atoms. The third-order valence-electron chi connectivity index (χ3n) is 2.66. The van der Waals surface area contributed by atoms with Gasteiger partial charge in [0.05, 0.1) is 21.3 Å². The van der Waals surface area contributed by atoms with Crippen molar-refractivity contribution in [2.45, 2.75) is 13.0 Å². The highest BCUT2D eigenvalue weighted by Gasteiger charge is 2.24. The Bertz CT molecular complexity index is 451. The van der Waals surface area contributed by atoms with E-state index in [-0.39, 0.29) is 5.97 Å². The van der Waals surface area contributed by atoms with Crippen molar-refractivity contribution in [2.24, 2.45) is 0 Å². The molecule has 0 radical (unpaired) electrons. The topological polar surface area (TPSA) is 56.8 Å². The molecule has 106 valence electrons. The van der Waals surface area contributed by atoms with Gasteiger partial charge in [-0.05, 0) is 24.2 Å². The number of methoxy groups -OCH3 is 3. The maximum atomic E-state index is 11.8. The Hall–Kier alpha value is -1.27. The highest BCUT2D eigenvalue weighted by molar-refractivity contribution is 9.10. The normalized spacial score (nSPS) is 11.8. The largest absolute Gasteiger partial charge is 0.493 e. The highest BCUT2D eigenvalue weighted by atomic mass is 79.9. The van der Waals surface area contributed by atoms with E-state index in [1.54, 1.807) is 26.4 Å². The fraction of sp³-hybridized carbons (Fsp3) is 0.462. The number of rotatable bonds is 6. The molecule has 1 rings (SSSR count). The van der Waals surface area contributed by atoms with Gasteiger partial charge in [-0.2, -0.15) is 0 Å².